The Morgan fingerprint density at radius 2 is 2.00 bits per heavy atom. The minimum absolute atomic E-state index is 0.0378. The van der Waals surface area contributed by atoms with Crippen LogP contribution in [-0.4, -0.2) is 19.1 Å². The van der Waals surface area contributed by atoms with Crippen molar-refractivity contribution in [2.24, 2.45) is 0 Å². The van der Waals surface area contributed by atoms with Crippen molar-refractivity contribution in [3.05, 3.63) is 76.9 Å². The van der Waals surface area contributed by atoms with Gasteiger partial charge in [0.05, 0.1) is 13.2 Å². The third-order valence-corrected chi connectivity index (χ3v) is 4.64. The number of rotatable bonds is 5. The van der Waals surface area contributed by atoms with E-state index in [1.807, 2.05) is 74.5 Å². The summed E-state index contributed by atoms with van der Waals surface area (Å²) in [5.74, 6) is 0.900. The van der Waals surface area contributed by atoms with Gasteiger partial charge in [-0.05, 0) is 43.2 Å². The molecule has 0 saturated heterocycles. The fraction of sp³-hybridized carbons (Fsp3) is 0.217. The van der Waals surface area contributed by atoms with Gasteiger partial charge in [-0.3, -0.25) is 4.79 Å². The summed E-state index contributed by atoms with van der Waals surface area (Å²) in [7, 11) is 1.59. The fourth-order valence-corrected chi connectivity index (χ4v) is 3.05. The van der Waals surface area contributed by atoms with Gasteiger partial charge in [0.15, 0.2) is 11.5 Å². The van der Waals surface area contributed by atoms with Crippen molar-refractivity contribution in [1.82, 2.24) is 5.32 Å². The second kappa shape index (κ2) is 8.45. The number of nitriles is 1. The summed E-state index contributed by atoms with van der Waals surface area (Å²) in [6, 6.07) is 17.0. The molecule has 2 aromatic rings. The average molecular weight is 374 g/mol. The first-order valence-electron chi connectivity index (χ1n) is 9.06. The molecule has 0 spiro atoms. The molecule has 142 valence electrons. The number of benzene rings is 2. The van der Waals surface area contributed by atoms with Crippen LogP contribution in [0, 0.1) is 11.3 Å². The number of fused-ring (bicyclic) bond motifs is 1. The molecular formula is C23H22N2O3. The number of carbonyl (C=O) groups excluding carboxylic acids is 1. The first kappa shape index (κ1) is 19.2. The van der Waals surface area contributed by atoms with E-state index in [2.05, 4.69) is 5.32 Å². The number of nitrogens with one attached hydrogen (secondary N) is 1. The topological polar surface area (TPSA) is 71.3 Å². The van der Waals surface area contributed by atoms with E-state index in [-0.39, 0.29) is 17.7 Å². The molecule has 1 aliphatic rings. The van der Waals surface area contributed by atoms with Crippen LogP contribution in [0.2, 0.25) is 0 Å². The van der Waals surface area contributed by atoms with Crippen molar-refractivity contribution in [3.8, 4) is 17.6 Å². The van der Waals surface area contributed by atoms with Crippen LogP contribution in [0.15, 0.2) is 65.8 Å². The van der Waals surface area contributed by atoms with Gasteiger partial charge in [0, 0.05) is 5.56 Å². The molecule has 0 radical (unpaired) electrons. The van der Waals surface area contributed by atoms with Crippen molar-refractivity contribution in [2.75, 3.05) is 7.11 Å². The lowest BCUT2D eigenvalue weighted by Crippen LogP contribution is -2.28. The maximum absolute atomic E-state index is 12.6. The second-order valence-electron chi connectivity index (χ2n) is 6.56. The lowest BCUT2D eigenvalue weighted by Gasteiger charge is -2.24. The summed E-state index contributed by atoms with van der Waals surface area (Å²) in [6.45, 7) is 3.76. The Bertz CT molecular complexity index is 971. The molecule has 5 nitrogen and oxygen atoms in total. The first-order chi connectivity index (χ1) is 13.5. The molecule has 0 saturated carbocycles. The van der Waals surface area contributed by atoms with Gasteiger partial charge in [0.1, 0.15) is 17.7 Å². The molecule has 28 heavy (non-hydrogen) atoms. The highest BCUT2D eigenvalue weighted by Crippen LogP contribution is 2.38. The summed E-state index contributed by atoms with van der Waals surface area (Å²) >= 11 is 0. The molecule has 1 aliphatic heterocycles. The van der Waals surface area contributed by atoms with Gasteiger partial charge in [-0.25, -0.2) is 0 Å². The zero-order valence-electron chi connectivity index (χ0n) is 16.1. The van der Waals surface area contributed by atoms with Gasteiger partial charge < -0.3 is 14.8 Å². The van der Waals surface area contributed by atoms with Gasteiger partial charge in [0.2, 0.25) is 0 Å². The highest BCUT2D eigenvalue weighted by molar-refractivity contribution is 5.98. The molecule has 5 heteroatoms. The standard InChI is InChI=1S/C23H22N2O3/c1-15(17-8-5-4-6-9-17)25-23(26)20(14-24)13-19-12-18-10-7-11-21(27-3)22(18)28-16(19)2/h4-13,15-16H,1-3H3,(H,25,26)/b20-13-. The highest BCUT2D eigenvalue weighted by Gasteiger charge is 2.22. The van der Waals surface area contributed by atoms with Crippen LogP contribution in [0.1, 0.15) is 31.0 Å². The maximum atomic E-state index is 12.6. The smallest absolute Gasteiger partial charge is 0.262 e. The summed E-state index contributed by atoms with van der Waals surface area (Å²) < 4.78 is 11.3. The predicted octanol–water partition coefficient (Wildman–Crippen LogP) is 4.19. The molecular weight excluding hydrogens is 352 g/mol. The van der Waals surface area contributed by atoms with E-state index < -0.39 is 5.91 Å². The largest absolute Gasteiger partial charge is 0.493 e. The maximum Gasteiger partial charge on any atom is 0.262 e. The first-order valence-corrected chi connectivity index (χ1v) is 9.06. The SMILES string of the molecule is COc1cccc2c1OC(C)C(/C=C(/C#N)C(=O)NC(C)c1ccccc1)=C2. The third kappa shape index (κ3) is 4.07. The lowest BCUT2D eigenvalue weighted by atomic mass is 9.99. The van der Waals surface area contributed by atoms with E-state index in [1.54, 1.807) is 13.2 Å². The van der Waals surface area contributed by atoms with Crippen molar-refractivity contribution in [2.45, 2.75) is 26.0 Å². The summed E-state index contributed by atoms with van der Waals surface area (Å²) in [5, 5.41) is 12.4. The minimum atomic E-state index is -0.414. The summed E-state index contributed by atoms with van der Waals surface area (Å²) in [4.78, 5) is 12.6. The number of para-hydroxylation sites is 1. The van der Waals surface area contributed by atoms with Crippen LogP contribution in [0.5, 0.6) is 11.5 Å². The molecule has 2 unspecified atom stereocenters. The van der Waals surface area contributed by atoms with Gasteiger partial charge in [0.25, 0.3) is 5.91 Å². The monoisotopic (exact) mass is 374 g/mol. The van der Waals surface area contributed by atoms with E-state index in [0.717, 1.165) is 16.7 Å². The molecule has 0 aromatic heterocycles. The number of methoxy groups -OCH3 is 1. The fourth-order valence-electron chi connectivity index (χ4n) is 3.05. The van der Waals surface area contributed by atoms with Crippen LogP contribution >= 0.6 is 0 Å². The Labute approximate surface area is 164 Å². The predicted molar refractivity (Wildman–Crippen MR) is 108 cm³/mol. The van der Waals surface area contributed by atoms with Crippen molar-refractivity contribution < 1.29 is 14.3 Å². The summed E-state index contributed by atoms with van der Waals surface area (Å²) in [5.41, 5.74) is 2.61. The zero-order chi connectivity index (χ0) is 20.1. The molecule has 1 heterocycles. The van der Waals surface area contributed by atoms with Crippen LogP contribution in [0.25, 0.3) is 6.08 Å². The normalized spacial score (nSPS) is 16.7. The number of nitrogens with zero attached hydrogens (tertiary/aromatic N) is 1. The molecule has 1 N–H and O–H groups in total. The number of ether oxygens (including phenoxy) is 2. The van der Waals surface area contributed by atoms with E-state index in [0.29, 0.717) is 11.5 Å². The lowest BCUT2D eigenvalue weighted by molar-refractivity contribution is -0.117. The number of hydrogen-bond donors (Lipinski definition) is 1. The van der Waals surface area contributed by atoms with Crippen LogP contribution in [0.3, 0.4) is 0 Å². The Hall–Kier alpha value is -3.52. The summed E-state index contributed by atoms with van der Waals surface area (Å²) in [6.07, 6.45) is 3.18. The Morgan fingerprint density at radius 3 is 2.68 bits per heavy atom. The van der Waals surface area contributed by atoms with E-state index in [9.17, 15) is 10.1 Å². The highest BCUT2D eigenvalue weighted by atomic mass is 16.5. The Morgan fingerprint density at radius 1 is 1.25 bits per heavy atom. The van der Waals surface area contributed by atoms with Crippen molar-refractivity contribution in [1.29, 1.82) is 5.26 Å². The second-order valence-corrected chi connectivity index (χ2v) is 6.56. The number of carbonyl (C=O) groups is 1. The molecule has 2 atom stereocenters. The molecule has 2 aromatic carbocycles. The molecule has 0 aliphatic carbocycles. The number of amides is 1. The van der Waals surface area contributed by atoms with Crippen LogP contribution in [0.4, 0.5) is 0 Å². The molecule has 1 amide bonds. The molecule has 3 rings (SSSR count). The Balaban J connectivity index is 1.84. The van der Waals surface area contributed by atoms with Gasteiger partial charge in [-0.1, -0.05) is 42.5 Å². The minimum Gasteiger partial charge on any atom is -0.493 e. The van der Waals surface area contributed by atoms with Crippen molar-refractivity contribution >= 4 is 12.0 Å². The van der Waals surface area contributed by atoms with Gasteiger partial charge in [-0.2, -0.15) is 5.26 Å². The molecule has 0 bridgehead atoms. The van der Waals surface area contributed by atoms with E-state index in [1.165, 1.54) is 0 Å². The van der Waals surface area contributed by atoms with Crippen LogP contribution in [-0.2, 0) is 4.79 Å². The third-order valence-electron chi connectivity index (χ3n) is 4.64. The van der Waals surface area contributed by atoms with E-state index >= 15 is 0 Å². The average Bonchev–Trinajstić information content (AvgIpc) is 2.72. The quantitative estimate of drug-likeness (QED) is 0.629. The van der Waals surface area contributed by atoms with Crippen LogP contribution < -0.4 is 14.8 Å². The zero-order valence-corrected chi connectivity index (χ0v) is 16.1. The van der Waals surface area contributed by atoms with Gasteiger partial charge >= 0.3 is 0 Å². The Kier molecular flexibility index (Phi) is 5.81. The van der Waals surface area contributed by atoms with Gasteiger partial charge in [-0.15, -0.1) is 0 Å². The van der Waals surface area contributed by atoms with E-state index in [4.69, 9.17) is 9.47 Å². The molecule has 0 fully saturated rings. The number of hydrogen-bond acceptors (Lipinski definition) is 4. The van der Waals surface area contributed by atoms with Crippen molar-refractivity contribution in [3.63, 3.8) is 0 Å².